The number of hydrogen-bond donors (Lipinski definition) is 4. The van der Waals surface area contributed by atoms with Crippen molar-refractivity contribution >= 4 is 5.97 Å². The maximum absolute atomic E-state index is 12.1. The van der Waals surface area contributed by atoms with Gasteiger partial charge in [-0.05, 0) is 76.2 Å². The molecule has 0 aromatic heterocycles. The highest BCUT2D eigenvalue weighted by molar-refractivity contribution is 5.81. The Balaban J connectivity index is 1.36. The van der Waals surface area contributed by atoms with E-state index < -0.39 is 23.1 Å². The first-order chi connectivity index (χ1) is 18.2. The second-order valence-corrected chi connectivity index (χ2v) is 10.9. The number of aliphatic hydroxyl groups excluding tert-OH is 1. The SMILES string of the molecule is CC(C)(C(=O)O)c1cccc(C(O)CCCN2CCC(C(O)(c3ccccc3)c3ccccc3)CC2)c1O. The number of rotatable bonds is 10. The molecule has 1 aliphatic rings. The lowest BCUT2D eigenvalue weighted by atomic mass is 9.72. The van der Waals surface area contributed by atoms with E-state index in [9.17, 15) is 25.2 Å². The van der Waals surface area contributed by atoms with Crippen molar-refractivity contribution in [3.8, 4) is 5.75 Å². The van der Waals surface area contributed by atoms with Crippen LogP contribution in [0.15, 0.2) is 78.9 Å². The van der Waals surface area contributed by atoms with E-state index in [4.69, 9.17) is 0 Å². The quantitative estimate of drug-likeness (QED) is 0.294. The van der Waals surface area contributed by atoms with Crippen LogP contribution in [0.3, 0.4) is 0 Å². The number of piperidine rings is 1. The number of aromatic hydroxyl groups is 1. The topological polar surface area (TPSA) is 101 Å². The molecule has 1 atom stereocenters. The van der Waals surface area contributed by atoms with Gasteiger partial charge in [-0.3, -0.25) is 4.79 Å². The smallest absolute Gasteiger partial charge is 0.313 e. The van der Waals surface area contributed by atoms with Crippen LogP contribution in [-0.4, -0.2) is 50.9 Å². The van der Waals surface area contributed by atoms with Crippen molar-refractivity contribution in [1.82, 2.24) is 4.90 Å². The number of benzene rings is 3. The van der Waals surface area contributed by atoms with Crippen molar-refractivity contribution in [3.05, 3.63) is 101 Å². The van der Waals surface area contributed by atoms with Gasteiger partial charge in [0, 0.05) is 11.1 Å². The van der Waals surface area contributed by atoms with Crippen LogP contribution in [0.5, 0.6) is 5.75 Å². The van der Waals surface area contributed by atoms with Crippen LogP contribution in [0.4, 0.5) is 0 Å². The van der Waals surface area contributed by atoms with E-state index in [0.717, 1.165) is 50.0 Å². The normalized spacial score (nSPS) is 16.3. The molecule has 3 aromatic carbocycles. The molecule has 4 N–H and O–H groups in total. The molecule has 0 radical (unpaired) electrons. The minimum Gasteiger partial charge on any atom is -0.507 e. The van der Waals surface area contributed by atoms with Crippen LogP contribution in [0.25, 0.3) is 0 Å². The average molecular weight is 518 g/mol. The van der Waals surface area contributed by atoms with E-state index in [-0.39, 0.29) is 11.7 Å². The third-order valence-electron chi connectivity index (χ3n) is 8.19. The summed E-state index contributed by atoms with van der Waals surface area (Å²) in [6.07, 6.45) is 2.03. The second kappa shape index (κ2) is 11.7. The number of para-hydroxylation sites is 1. The van der Waals surface area contributed by atoms with Crippen molar-refractivity contribution in [1.29, 1.82) is 0 Å². The minimum absolute atomic E-state index is 0.0893. The molecule has 1 heterocycles. The van der Waals surface area contributed by atoms with Gasteiger partial charge in [0.1, 0.15) is 11.4 Å². The molecule has 0 aliphatic carbocycles. The number of carbonyl (C=O) groups is 1. The van der Waals surface area contributed by atoms with E-state index in [0.29, 0.717) is 17.5 Å². The molecule has 1 aliphatic heterocycles. The summed E-state index contributed by atoms with van der Waals surface area (Å²) in [5, 5.41) is 43.1. The van der Waals surface area contributed by atoms with Gasteiger partial charge in [-0.1, -0.05) is 78.9 Å². The van der Waals surface area contributed by atoms with Gasteiger partial charge >= 0.3 is 5.97 Å². The molecule has 0 bridgehead atoms. The van der Waals surface area contributed by atoms with Gasteiger partial charge in [0.2, 0.25) is 0 Å². The predicted molar refractivity (Wildman–Crippen MR) is 148 cm³/mol. The highest BCUT2D eigenvalue weighted by Gasteiger charge is 2.41. The molecule has 0 saturated carbocycles. The van der Waals surface area contributed by atoms with Crippen LogP contribution >= 0.6 is 0 Å². The lowest BCUT2D eigenvalue weighted by molar-refractivity contribution is -0.142. The van der Waals surface area contributed by atoms with Gasteiger partial charge in [0.05, 0.1) is 11.5 Å². The lowest BCUT2D eigenvalue weighted by Gasteiger charge is -2.42. The van der Waals surface area contributed by atoms with Gasteiger partial charge in [0.25, 0.3) is 0 Å². The number of nitrogens with zero attached hydrogens (tertiary/aromatic N) is 1. The zero-order chi connectivity index (χ0) is 27.3. The molecule has 6 nitrogen and oxygen atoms in total. The van der Waals surface area contributed by atoms with E-state index in [1.165, 1.54) is 0 Å². The zero-order valence-electron chi connectivity index (χ0n) is 22.3. The highest BCUT2D eigenvalue weighted by Crippen LogP contribution is 2.42. The summed E-state index contributed by atoms with van der Waals surface area (Å²) >= 11 is 0. The fraction of sp³-hybridized carbons (Fsp3) is 0.406. The number of aliphatic hydroxyl groups is 2. The van der Waals surface area contributed by atoms with Gasteiger partial charge in [-0.15, -0.1) is 0 Å². The van der Waals surface area contributed by atoms with E-state index in [1.807, 2.05) is 60.7 Å². The number of phenols is 1. The number of phenolic OH excluding ortho intramolecular Hbond substituents is 1. The van der Waals surface area contributed by atoms with Crippen molar-refractivity contribution < 1.29 is 25.2 Å². The largest absolute Gasteiger partial charge is 0.507 e. The summed E-state index contributed by atoms with van der Waals surface area (Å²) in [6.45, 7) is 5.61. The summed E-state index contributed by atoms with van der Waals surface area (Å²) in [6, 6.07) is 24.8. The molecule has 1 saturated heterocycles. The van der Waals surface area contributed by atoms with Gasteiger partial charge in [-0.2, -0.15) is 0 Å². The van der Waals surface area contributed by atoms with Crippen LogP contribution in [0, 0.1) is 5.92 Å². The third-order valence-corrected chi connectivity index (χ3v) is 8.19. The Morgan fingerprint density at radius 1 is 0.921 bits per heavy atom. The average Bonchev–Trinajstić information content (AvgIpc) is 2.93. The van der Waals surface area contributed by atoms with E-state index in [1.54, 1.807) is 32.0 Å². The molecule has 6 heteroatoms. The van der Waals surface area contributed by atoms with Crippen LogP contribution < -0.4 is 0 Å². The van der Waals surface area contributed by atoms with Gasteiger partial charge in [0.15, 0.2) is 0 Å². The number of likely N-dealkylation sites (tertiary alicyclic amines) is 1. The molecule has 1 fully saturated rings. The molecule has 38 heavy (non-hydrogen) atoms. The summed E-state index contributed by atoms with van der Waals surface area (Å²) in [7, 11) is 0. The van der Waals surface area contributed by atoms with E-state index >= 15 is 0 Å². The monoisotopic (exact) mass is 517 g/mol. The summed E-state index contributed by atoms with van der Waals surface area (Å²) in [5.74, 6) is -1.09. The Bertz CT molecular complexity index is 1160. The summed E-state index contributed by atoms with van der Waals surface area (Å²) in [4.78, 5) is 14.0. The fourth-order valence-electron chi connectivity index (χ4n) is 5.71. The first kappa shape index (κ1) is 27.8. The highest BCUT2D eigenvalue weighted by atomic mass is 16.4. The molecular formula is C32H39NO5. The fourth-order valence-corrected chi connectivity index (χ4v) is 5.71. The van der Waals surface area contributed by atoms with Crippen molar-refractivity contribution in [2.75, 3.05) is 19.6 Å². The second-order valence-electron chi connectivity index (χ2n) is 10.9. The van der Waals surface area contributed by atoms with Crippen molar-refractivity contribution in [2.24, 2.45) is 5.92 Å². The predicted octanol–water partition coefficient (Wildman–Crippen LogP) is 5.22. The molecule has 1 unspecified atom stereocenters. The molecule has 0 spiro atoms. The molecular weight excluding hydrogens is 478 g/mol. The zero-order valence-corrected chi connectivity index (χ0v) is 22.3. The Hall–Kier alpha value is -3.19. The summed E-state index contributed by atoms with van der Waals surface area (Å²) < 4.78 is 0. The Kier molecular flexibility index (Phi) is 8.56. The maximum Gasteiger partial charge on any atom is 0.313 e. The number of aliphatic carboxylic acids is 1. The van der Waals surface area contributed by atoms with Crippen LogP contribution in [0.1, 0.15) is 67.9 Å². The lowest BCUT2D eigenvalue weighted by Crippen LogP contribution is -2.44. The number of carboxylic acids is 1. The standard InChI is InChI=1S/C32H39NO5/c1-31(2,30(36)37)27-16-9-15-26(29(27)35)28(34)17-10-20-33-21-18-25(19-22-33)32(38,23-11-5-3-6-12-23)24-13-7-4-8-14-24/h3-9,11-16,25,28,34-35,38H,10,17-22H2,1-2H3,(H,36,37). The Morgan fingerprint density at radius 2 is 1.47 bits per heavy atom. The Morgan fingerprint density at radius 3 is 2.00 bits per heavy atom. The first-order valence-electron chi connectivity index (χ1n) is 13.4. The summed E-state index contributed by atoms with van der Waals surface area (Å²) in [5.41, 5.74) is 0.198. The number of hydrogen-bond acceptors (Lipinski definition) is 5. The maximum atomic E-state index is 12.1. The molecule has 0 amide bonds. The number of carboxylic acid groups (broad SMARTS) is 1. The molecule has 202 valence electrons. The minimum atomic E-state index is -1.26. The van der Waals surface area contributed by atoms with E-state index in [2.05, 4.69) is 4.90 Å². The molecule has 4 rings (SSSR count). The van der Waals surface area contributed by atoms with Gasteiger partial charge < -0.3 is 25.3 Å². The first-order valence-corrected chi connectivity index (χ1v) is 13.4. The van der Waals surface area contributed by atoms with Crippen LogP contribution in [-0.2, 0) is 15.8 Å². The Labute approximate surface area is 225 Å². The molecule has 3 aromatic rings. The van der Waals surface area contributed by atoms with Crippen molar-refractivity contribution in [3.63, 3.8) is 0 Å². The van der Waals surface area contributed by atoms with Crippen LogP contribution in [0.2, 0.25) is 0 Å². The van der Waals surface area contributed by atoms with Gasteiger partial charge in [-0.25, -0.2) is 0 Å². The van der Waals surface area contributed by atoms with Crippen molar-refractivity contribution in [2.45, 2.75) is 56.7 Å². The third kappa shape index (κ3) is 5.63.